The molecule has 0 aromatic rings. The molecule has 4 nitrogen and oxygen atoms in total. The van der Waals surface area contributed by atoms with Crippen molar-refractivity contribution >= 4 is 6.47 Å². The van der Waals surface area contributed by atoms with E-state index in [4.69, 9.17) is 9.90 Å². The lowest BCUT2D eigenvalue weighted by Gasteiger charge is -2.14. The molecule has 0 aliphatic rings. The average Bonchev–Trinajstić information content (AvgIpc) is 1.27. The largest absolute Gasteiger partial charge is 0.554 e. The molecule has 0 heterocycles. The summed E-state index contributed by atoms with van der Waals surface area (Å²) in [7, 11) is 8.50. The fourth-order valence-electron chi connectivity index (χ4n) is 0. The predicted molar refractivity (Wildman–Crippen MR) is 33.6 cm³/mol. The quantitative estimate of drug-likeness (QED) is 0.282. The summed E-state index contributed by atoms with van der Waals surface area (Å²) in [5.41, 5.74) is 0. The summed E-state index contributed by atoms with van der Waals surface area (Å²) < 4.78 is 1.00. The Hall–Kier alpha value is -0.610. The summed E-state index contributed by atoms with van der Waals surface area (Å²) in [6.45, 7) is -0.500. The van der Waals surface area contributed by atoms with E-state index in [-0.39, 0.29) is 5.48 Å². The first-order chi connectivity index (χ1) is 3.41. The number of carboxylic acid groups (broad SMARTS) is 1. The molecule has 9 heavy (non-hydrogen) atoms. The van der Waals surface area contributed by atoms with Crippen molar-refractivity contribution in [3.8, 4) is 0 Å². The van der Waals surface area contributed by atoms with Gasteiger partial charge in [0.15, 0.2) is 0 Å². The second-order valence-electron chi connectivity index (χ2n) is 2.78. The zero-order valence-electron chi connectivity index (χ0n) is 6.34. The molecule has 0 aromatic heterocycles. The molecule has 0 saturated carbocycles. The first kappa shape index (κ1) is 15.8. The third kappa shape index (κ3) is 577. The van der Waals surface area contributed by atoms with Crippen LogP contribution in [0.2, 0.25) is 0 Å². The SMILES string of the molecule is C[N+](C)(C)C.O.O=C[O-]. The fourth-order valence-corrected chi connectivity index (χ4v) is 0. The van der Waals surface area contributed by atoms with Crippen molar-refractivity contribution < 1.29 is 19.9 Å². The van der Waals surface area contributed by atoms with Gasteiger partial charge in [0.2, 0.25) is 0 Å². The van der Waals surface area contributed by atoms with Gasteiger partial charge in [-0.2, -0.15) is 0 Å². The van der Waals surface area contributed by atoms with Crippen molar-refractivity contribution in [2.45, 2.75) is 0 Å². The van der Waals surface area contributed by atoms with E-state index in [0.29, 0.717) is 0 Å². The van der Waals surface area contributed by atoms with Crippen LogP contribution in [0.4, 0.5) is 0 Å². The lowest BCUT2D eigenvalue weighted by atomic mass is 10.8. The summed E-state index contributed by atoms with van der Waals surface area (Å²) in [6, 6.07) is 0. The number of nitrogens with zero attached hydrogens (tertiary/aromatic N) is 1. The van der Waals surface area contributed by atoms with Gasteiger partial charge in [-0.05, 0) is 0 Å². The normalized spacial score (nSPS) is 8.00. The zero-order chi connectivity index (χ0) is 7.21. The van der Waals surface area contributed by atoms with Crippen LogP contribution in [0, 0.1) is 0 Å². The minimum atomic E-state index is -0.500. The standard InChI is InChI=1S/C4H12N.CH2O2.H2O/c1-5(2,3)4;2-1-3;/h1-4H3;1H,(H,2,3);1H2/q+1;;/p-1. The van der Waals surface area contributed by atoms with E-state index >= 15 is 0 Å². The van der Waals surface area contributed by atoms with Crippen LogP contribution in [0.5, 0.6) is 0 Å². The highest BCUT2D eigenvalue weighted by molar-refractivity contribution is 5.29. The highest BCUT2D eigenvalue weighted by atomic mass is 16.3. The van der Waals surface area contributed by atoms with Gasteiger partial charge in [-0.25, -0.2) is 0 Å². The Morgan fingerprint density at radius 2 is 1.22 bits per heavy atom. The molecule has 0 unspecified atom stereocenters. The Kier molecular flexibility index (Phi) is 13.0. The van der Waals surface area contributed by atoms with Crippen molar-refractivity contribution in [1.29, 1.82) is 0 Å². The van der Waals surface area contributed by atoms with Crippen LogP contribution < -0.4 is 5.11 Å². The average molecular weight is 137 g/mol. The van der Waals surface area contributed by atoms with E-state index in [0.717, 1.165) is 4.48 Å². The van der Waals surface area contributed by atoms with Crippen LogP contribution >= 0.6 is 0 Å². The molecule has 0 aliphatic carbocycles. The maximum Gasteiger partial charge on any atom is 0.0675 e. The molecule has 0 bridgehead atoms. The zero-order valence-corrected chi connectivity index (χ0v) is 6.34. The molecular formula is C5H15NO3. The van der Waals surface area contributed by atoms with Gasteiger partial charge in [-0.15, -0.1) is 0 Å². The van der Waals surface area contributed by atoms with Crippen molar-refractivity contribution in [3.05, 3.63) is 0 Å². The molecule has 4 heteroatoms. The Morgan fingerprint density at radius 3 is 1.22 bits per heavy atom. The molecule has 0 aromatic carbocycles. The van der Waals surface area contributed by atoms with Gasteiger partial charge in [-0.3, -0.25) is 0 Å². The van der Waals surface area contributed by atoms with E-state index < -0.39 is 6.47 Å². The maximum atomic E-state index is 8.25. The number of hydrogen-bond donors (Lipinski definition) is 0. The molecule has 58 valence electrons. The summed E-state index contributed by atoms with van der Waals surface area (Å²) in [5, 5.41) is 8.25. The molecule has 0 aliphatic heterocycles. The smallest absolute Gasteiger partial charge is 0.0675 e. The molecule has 0 atom stereocenters. The Labute approximate surface area is 55.6 Å². The second kappa shape index (κ2) is 7.39. The van der Waals surface area contributed by atoms with Crippen LogP contribution in [0.25, 0.3) is 0 Å². The van der Waals surface area contributed by atoms with Crippen LogP contribution in [-0.2, 0) is 4.79 Å². The Balaban J connectivity index is -0.0000000800. The van der Waals surface area contributed by atoms with Crippen molar-refractivity contribution in [3.63, 3.8) is 0 Å². The lowest BCUT2D eigenvalue weighted by Crippen LogP contribution is -2.27. The summed E-state index contributed by atoms with van der Waals surface area (Å²) >= 11 is 0. The van der Waals surface area contributed by atoms with Gasteiger partial charge in [0.25, 0.3) is 0 Å². The highest BCUT2D eigenvalue weighted by Gasteiger charge is 1.88. The summed E-state index contributed by atoms with van der Waals surface area (Å²) in [5.74, 6) is 0. The van der Waals surface area contributed by atoms with Gasteiger partial charge in [0.1, 0.15) is 0 Å². The lowest BCUT2D eigenvalue weighted by molar-refractivity contribution is -0.849. The van der Waals surface area contributed by atoms with E-state index in [1.807, 2.05) is 0 Å². The van der Waals surface area contributed by atoms with Gasteiger partial charge < -0.3 is 19.9 Å². The number of carbonyl (C=O) groups is 1. The predicted octanol–water partition coefficient (Wildman–Crippen LogP) is -2.14. The molecule has 0 fully saturated rings. The topological polar surface area (TPSA) is 71.6 Å². The highest BCUT2D eigenvalue weighted by Crippen LogP contribution is 1.73. The van der Waals surface area contributed by atoms with E-state index in [1.165, 1.54) is 0 Å². The number of hydrogen-bond acceptors (Lipinski definition) is 2. The van der Waals surface area contributed by atoms with Crippen molar-refractivity contribution in [1.82, 2.24) is 0 Å². The van der Waals surface area contributed by atoms with Crippen LogP contribution in [0.1, 0.15) is 0 Å². The number of carbonyl (C=O) groups excluding carboxylic acids is 1. The van der Waals surface area contributed by atoms with E-state index in [2.05, 4.69) is 28.2 Å². The van der Waals surface area contributed by atoms with Gasteiger partial charge in [0.05, 0.1) is 28.2 Å². The maximum absolute atomic E-state index is 8.25. The molecule has 0 rings (SSSR count). The van der Waals surface area contributed by atoms with Gasteiger partial charge >= 0.3 is 0 Å². The van der Waals surface area contributed by atoms with Crippen molar-refractivity contribution in [2.24, 2.45) is 0 Å². The van der Waals surface area contributed by atoms with Gasteiger partial charge in [-0.1, -0.05) is 0 Å². The molecule has 0 amide bonds. The van der Waals surface area contributed by atoms with Crippen LogP contribution in [0.3, 0.4) is 0 Å². The van der Waals surface area contributed by atoms with E-state index in [1.54, 1.807) is 0 Å². The molecule has 0 spiro atoms. The second-order valence-corrected chi connectivity index (χ2v) is 2.78. The summed E-state index contributed by atoms with van der Waals surface area (Å²) in [6.07, 6.45) is 0. The van der Waals surface area contributed by atoms with Crippen molar-refractivity contribution in [2.75, 3.05) is 28.2 Å². The van der Waals surface area contributed by atoms with E-state index in [9.17, 15) is 0 Å². The van der Waals surface area contributed by atoms with Crippen LogP contribution in [-0.4, -0.2) is 44.6 Å². The van der Waals surface area contributed by atoms with Crippen LogP contribution in [0.15, 0.2) is 0 Å². The Bertz CT molecular complexity index is 51.7. The molecule has 2 N–H and O–H groups in total. The summed E-state index contributed by atoms with van der Waals surface area (Å²) in [4.78, 5) is 8.25. The molecular weight excluding hydrogens is 122 g/mol. The minimum Gasteiger partial charge on any atom is -0.554 e. The first-order valence-electron chi connectivity index (χ1n) is 2.26. The molecule has 0 radical (unpaired) electrons. The van der Waals surface area contributed by atoms with Gasteiger partial charge in [0, 0.05) is 6.47 Å². The number of quaternary nitrogens is 1. The first-order valence-corrected chi connectivity index (χ1v) is 2.26. The number of rotatable bonds is 0. The minimum absolute atomic E-state index is 0. The fraction of sp³-hybridized carbons (Fsp3) is 0.800. The third-order valence-electron chi connectivity index (χ3n) is 0. The molecule has 0 saturated heterocycles. The monoisotopic (exact) mass is 137 g/mol. The third-order valence-corrected chi connectivity index (χ3v) is 0. The Morgan fingerprint density at radius 1 is 1.22 bits per heavy atom.